The van der Waals surface area contributed by atoms with E-state index in [9.17, 15) is 9.59 Å². The third-order valence-electron chi connectivity index (χ3n) is 3.59. The molecule has 1 heterocycles. The van der Waals surface area contributed by atoms with Crippen LogP contribution in [-0.4, -0.2) is 31.5 Å². The minimum absolute atomic E-state index is 0.00831. The van der Waals surface area contributed by atoms with Gasteiger partial charge in [-0.3, -0.25) is 9.59 Å². The molecule has 5 nitrogen and oxygen atoms in total. The van der Waals surface area contributed by atoms with Crippen LogP contribution in [0, 0.1) is 18.3 Å². The number of hydrogen-bond acceptors (Lipinski definition) is 3. The minimum atomic E-state index is -0.114. The fourth-order valence-corrected chi connectivity index (χ4v) is 2.31. The van der Waals surface area contributed by atoms with Crippen LogP contribution in [-0.2, 0) is 16.0 Å². The zero-order valence-electron chi connectivity index (χ0n) is 12.4. The van der Waals surface area contributed by atoms with Gasteiger partial charge in [0.2, 0.25) is 11.8 Å². The lowest BCUT2D eigenvalue weighted by Gasteiger charge is -2.21. The van der Waals surface area contributed by atoms with Crippen molar-refractivity contribution in [3.63, 3.8) is 0 Å². The summed E-state index contributed by atoms with van der Waals surface area (Å²) in [5.41, 5.74) is 1.12. The highest BCUT2D eigenvalue weighted by atomic mass is 16.5. The van der Waals surface area contributed by atoms with E-state index >= 15 is 0 Å². The molecule has 0 aliphatic carbocycles. The van der Waals surface area contributed by atoms with E-state index in [1.807, 2.05) is 24.3 Å². The number of nitrogens with one attached hydrogen (secondary N) is 2. The van der Waals surface area contributed by atoms with E-state index in [2.05, 4.69) is 16.6 Å². The van der Waals surface area contributed by atoms with Crippen molar-refractivity contribution in [3.8, 4) is 18.1 Å². The summed E-state index contributed by atoms with van der Waals surface area (Å²) in [7, 11) is 0. The quantitative estimate of drug-likeness (QED) is 0.767. The highest BCUT2D eigenvalue weighted by Gasteiger charge is 2.23. The summed E-state index contributed by atoms with van der Waals surface area (Å²) in [5, 5.41) is 5.63. The summed E-state index contributed by atoms with van der Waals surface area (Å²) < 4.78 is 5.30. The molecule has 116 valence electrons. The maximum atomic E-state index is 12.0. The first-order valence-corrected chi connectivity index (χ1v) is 7.38. The number of carbonyl (C=O) groups is 2. The van der Waals surface area contributed by atoms with E-state index in [4.69, 9.17) is 11.2 Å². The highest BCUT2D eigenvalue weighted by molar-refractivity contribution is 5.83. The molecular weight excluding hydrogens is 280 g/mol. The Labute approximate surface area is 130 Å². The molecule has 0 spiro atoms. The highest BCUT2D eigenvalue weighted by Crippen LogP contribution is 2.13. The van der Waals surface area contributed by atoms with Gasteiger partial charge in [0.05, 0.1) is 5.92 Å². The van der Waals surface area contributed by atoms with Crippen LogP contribution in [0.25, 0.3) is 0 Å². The second-order valence-electron chi connectivity index (χ2n) is 5.22. The lowest BCUT2D eigenvalue weighted by atomic mass is 9.98. The lowest BCUT2D eigenvalue weighted by molar-refractivity contribution is -0.128. The average Bonchev–Trinajstić information content (AvgIpc) is 2.54. The van der Waals surface area contributed by atoms with Crippen molar-refractivity contribution in [1.29, 1.82) is 0 Å². The van der Waals surface area contributed by atoms with Crippen LogP contribution in [0.4, 0.5) is 0 Å². The summed E-state index contributed by atoms with van der Waals surface area (Å²) in [6, 6.07) is 7.65. The van der Waals surface area contributed by atoms with Gasteiger partial charge < -0.3 is 15.4 Å². The van der Waals surface area contributed by atoms with Gasteiger partial charge in [-0.2, -0.15) is 0 Å². The molecule has 5 heteroatoms. The maximum absolute atomic E-state index is 12.0. The van der Waals surface area contributed by atoms with Gasteiger partial charge in [-0.15, -0.1) is 6.42 Å². The molecule has 1 saturated heterocycles. The molecule has 1 fully saturated rings. The molecular formula is C17H20N2O3. The SMILES string of the molecule is C#CCOc1ccc(CCNC(=O)[C@@H]2CCC(=O)NC2)cc1. The van der Waals surface area contributed by atoms with Crippen LogP contribution >= 0.6 is 0 Å². The Morgan fingerprint density at radius 2 is 2.18 bits per heavy atom. The Balaban J connectivity index is 1.70. The normalized spacial score (nSPS) is 17.2. The first kappa shape index (κ1) is 15.9. The van der Waals surface area contributed by atoms with Crippen LogP contribution < -0.4 is 15.4 Å². The predicted octanol–water partition coefficient (Wildman–Crippen LogP) is 0.883. The molecule has 2 amide bonds. The molecule has 0 radical (unpaired) electrons. The first-order valence-electron chi connectivity index (χ1n) is 7.38. The Morgan fingerprint density at radius 3 is 2.82 bits per heavy atom. The lowest BCUT2D eigenvalue weighted by Crippen LogP contribution is -2.43. The van der Waals surface area contributed by atoms with Crippen molar-refractivity contribution in [2.75, 3.05) is 19.7 Å². The van der Waals surface area contributed by atoms with Gasteiger partial charge in [-0.25, -0.2) is 0 Å². The van der Waals surface area contributed by atoms with Gasteiger partial charge in [0, 0.05) is 19.5 Å². The Bertz CT molecular complexity index is 550. The van der Waals surface area contributed by atoms with Gasteiger partial charge in [0.25, 0.3) is 0 Å². The maximum Gasteiger partial charge on any atom is 0.224 e. The number of hydrogen-bond donors (Lipinski definition) is 2. The van der Waals surface area contributed by atoms with Crippen LogP contribution in [0.5, 0.6) is 5.75 Å². The van der Waals surface area contributed by atoms with Gasteiger partial charge in [-0.05, 0) is 30.5 Å². The van der Waals surface area contributed by atoms with E-state index in [0.717, 1.165) is 17.7 Å². The molecule has 0 saturated carbocycles. The second kappa shape index (κ2) is 8.08. The van der Waals surface area contributed by atoms with Crippen molar-refractivity contribution in [3.05, 3.63) is 29.8 Å². The van der Waals surface area contributed by atoms with E-state index in [1.54, 1.807) is 0 Å². The number of amides is 2. The standard InChI is InChI=1S/C17H20N2O3/c1-2-11-22-15-6-3-13(4-7-15)9-10-18-17(21)14-5-8-16(20)19-12-14/h1,3-4,6-7,14H,5,8-12H2,(H,18,21)(H,19,20)/t14-/m1/s1. The monoisotopic (exact) mass is 300 g/mol. The molecule has 2 N–H and O–H groups in total. The van der Waals surface area contributed by atoms with Crippen molar-refractivity contribution in [1.82, 2.24) is 10.6 Å². The van der Waals surface area contributed by atoms with Gasteiger partial charge in [0.15, 0.2) is 0 Å². The third-order valence-corrected chi connectivity index (χ3v) is 3.59. The molecule has 0 aromatic heterocycles. The van der Waals surface area contributed by atoms with Crippen LogP contribution in [0.15, 0.2) is 24.3 Å². The van der Waals surface area contributed by atoms with Crippen molar-refractivity contribution in [2.24, 2.45) is 5.92 Å². The Hall–Kier alpha value is -2.48. The molecule has 1 aromatic rings. The number of carbonyl (C=O) groups excluding carboxylic acids is 2. The summed E-state index contributed by atoms with van der Waals surface area (Å²) in [5.74, 6) is 3.07. The minimum Gasteiger partial charge on any atom is -0.481 e. The van der Waals surface area contributed by atoms with Gasteiger partial charge >= 0.3 is 0 Å². The first-order chi connectivity index (χ1) is 10.7. The fourth-order valence-electron chi connectivity index (χ4n) is 2.31. The number of ether oxygens (including phenoxy) is 1. The van der Waals surface area contributed by atoms with E-state index in [0.29, 0.717) is 25.9 Å². The third kappa shape index (κ3) is 4.81. The van der Waals surface area contributed by atoms with E-state index < -0.39 is 0 Å². The average molecular weight is 300 g/mol. The number of terminal acetylenes is 1. The van der Waals surface area contributed by atoms with Gasteiger partial charge in [0.1, 0.15) is 12.4 Å². The van der Waals surface area contributed by atoms with E-state index in [-0.39, 0.29) is 24.3 Å². The Kier molecular flexibility index (Phi) is 5.84. The molecule has 0 unspecified atom stereocenters. The zero-order chi connectivity index (χ0) is 15.8. The van der Waals surface area contributed by atoms with Crippen molar-refractivity contribution >= 4 is 11.8 Å². The molecule has 2 rings (SSSR count). The second-order valence-corrected chi connectivity index (χ2v) is 5.22. The largest absolute Gasteiger partial charge is 0.481 e. The summed E-state index contributed by atoms with van der Waals surface area (Å²) >= 11 is 0. The van der Waals surface area contributed by atoms with Crippen molar-refractivity contribution in [2.45, 2.75) is 19.3 Å². The molecule has 22 heavy (non-hydrogen) atoms. The number of rotatable bonds is 6. The molecule has 1 atom stereocenters. The van der Waals surface area contributed by atoms with Crippen LogP contribution in [0.1, 0.15) is 18.4 Å². The number of benzene rings is 1. The summed E-state index contributed by atoms with van der Waals surface area (Å²) in [6.45, 7) is 1.27. The van der Waals surface area contributed by atoms with Crippen LogP contribution in [0.2, 0.25) is 0 Å². The smallest absolute Gasteiger partial charge is 0.224 e. The fraction of sp³-hybridized carbons (Fsp3) is 0.412. The molecule has 1 aliphatic rings. The predicted molar refractivity (Wildman–Crippen MR) is 83.2 cm³/mol. The molecule has 0 bridgehead atoms. The molecule has 1 aromatic carbocycles. The van der Waals surface area contributed by atoms with Crippen molar-refractivity contribution < 1.29 is 14.3 Å². The molecule has 1 aliphatic heterocycles. The van der Waals surface area contributed by atoms with E-state index in [1.165, 1.54) is 0 Å². The van der Waals surface area contributed by atoms with Crippen LogP contribution in [0.3, 0.4) is 0 Å². The summed E-state index contributed by atoms with van der Waals surface area (Å²) in [4.78, 5) is 23.0. The Morgan fingerprint density at radius 1 is 1.41 bits per heavy atom. The topological polar surface area (TPSA) is 67.4 Å². The van der Waals surface area contributed by atoms with Gasteiger partial charge in [-0.1, -0.05) is 18.1 Å². The summed E-state index contributed by atoms with van der Waals surface area (Å²) in [6.07, 6.45) is 6.93. The zero-order valence-corrected chi connectivity index (χ0v) is 12.4. The number of piperidine rings is 1.